The number of carbonyl (C=O) groups is 1. The van der Waals surface area contributed by atoms with Crippen LogP contribution in [-0.4, -0.2) is 28.6 Å². The summed E-state index contributed by atoms with van der Waals surface area (Å²) in [5, 5.41) is 21.4. The van der Waals surface area contributed by atoms with Gasteiger partial charge in [-0.15, -0.1) is 0 Å². The van der Waals surface area contributed by atoms with Gasteiger partial charge in [-0.2, -0.15) is 4.39 Å². The summed E-state index contributed by atoms with van der Waals surface area (Å²) >= 11 is 0. The van der Waals surface area contributed by atoms with E-state index in [1.165, 1.54) is 6.92 Å². The van der Waals surface area contributed by atoms with Crippen LogP contribution in [0.15, 0.2) is 12.1 Å². The third kappa shape index (κ3) is 3.44. The van der Waals surface area contributed by atoms with Gasteiger partial charge in [0.15, 0.2) is 0 Å². The third-order valence-electron chi connectivity index (χ3n) is 2.43. The van der Waals surface area contributed by atoms with E-state index in [2.05, 4.69) is 5.32 Å². The van der Waals surface area contributed by atoms with Gasteiger partial charge in [0, 0.05) is 18.7 Å². The normalized spacial score (nSPS) is 12.0. The van der Waals surface area contributed by atoms with Crippen LogP contribution in [0.5, 0.6) is 0 Å². The van der Waals surface area contributed by atoms with Crippen LogP contribution in [0.4, 0.5) is 14.5 Å². The van der Waals surface area contributed by atoms with Crippen molar-refractivity contribution in [2.24, 2.45) is 0 Å². The van der Waals surface area contributed by atoms with Crippen molar-refractivity contribution in [3.63, 3.8) is 0 Å². The van der Waals surface area contributed by atoms with Crippen molar-refractivity contribution in [1.82, 2.24) is 5.32 Å². The minimum absolute atomic E-state index is 0.198. The molecule has 1 unspecified atom stereocenters. The zero-order valence-corrected chi connectivity index (χ0v) is 10.0. The topological polar surface area (TPSA) is 92.5 Å². The number of aliphatic hydroxyl groups excluding tert-OH is 1. The number of nitro groups is 1. The molecule has 1 amide bonds. The molecular formula is C11H12F2N2O4. The molecule has 0 radical (unpaired) electrons. The molecule has 1 aromatic rings. The highest BCUT2D eigenvalue weighted by Gasteiger charge is 2.26. The molecule has 1 atom stereocenters. The van der Waals surface area contributed by atoms with Gasteiger partial charge in [-0.1, -0.05) is 0 Å². The Morgan fingerprint density at radius 3 is 2.68 bits per heavy atom. The molecular weight excluding hydrogens is 262 g/mol. The van der Waals surface area contributed by atoms with Crippen LogP contribution >= 0.6 is 0 Å². The summed E-state index contributed by atoms with van der Waals surface area (Å²) in [5.74, 6) is -3.80. The first-order valence-corrected chi connectivity index (χ1v) is 5.42. The number of hydrogen-bond donors (Lipinski definition) is 2. The average molecular weight is 274 g/mol. The molecule has 0 saturated heterocycles. The SMILES string of the molecule is CC(CCO)NC(=O)c1c(F)ccc([N+](=O)[O-])c1F. The molecule has 0 spiro atoms. The number of halogens is 2. The van der Waals surface area contributed by atoms with Gasteiger partial charge in [0.05, 0.1) is 4.92 Å². The maximum Gasteiger partial charge on any atom is 0.305 e. The lowest BCUT2D eigenvalue weighted by molar-refractivity contribution is -0.387. The standard InChI is InChI=1S/C11H12F2N2O4/c1-6(4-5-16)14-11(17)9-7(12)2-3-8(10(9)13)15(18)19/h2-3,6,16H,4-5H2,1H3,(H,14,17). The summed E-state index contributed by atoms with van der Waals surface area (Å²) in [6.45, 7) is 1.32. The third-order valence-corrected chi connectivity index (χ3v) is 2.43. The van der Waals surface area contributed by atoms with E-state index in [1.54, 1.807) is 0 Å². The molecule has 0 aliphatic rings. The number of hydrogen-bond acceptors (Lipinski definition) is 4. The fourth-order valence-corrected chi connectivity index (χ4v) is 1.45. The number of benzene rings is 1. The van der Waals surface area contributed by atoms with Gasteiger partial charge in [0.1, 0.15) is 11.4 Å². The molecule has 1 rings (SSSR count). The maximum absolute atomic E-state index is 13.7. The van der Waals surface area contributed by atoms with Crippen molar-refractivity contribution >= 4 is 11.6 Å². The first-order valence-electron chi connectivity index (χ1n) is 5.42. The van der Waals surface area contributed by atoms with Crippen LogP contribution in [0.2, 0.25) is 0 Å². The minimum Gasteiger partial charge on any atom is -0.396 e. The summed E-state index contributed by atoms with van der Waals surface area (Å²) in [6.07, 6.45) is 0.198. The predicted octanol–water partition coefficient (Wildman–Crippen LogP) is 1.37. The number of carbonyl (C=O) groups excluding carboxylic acids is 1. The van der Waals surface area contributed by atoms with Crippen molar-refractivity contribution in [3.8, 4) is 0 Å². The Hall–Kier alpha value is -2.09. The van der Waals surface area contributed by atoms with Gasteiger partial charge >= 0.3 is 5.69 Å². The summed E-state index contributed by atoms with van der Waals surface area (Å²) in [6, 6.07) is 0.793. The van der Waals surface area contributed by atoms with Crippen LogP contribution in [0.25, 0.3) is 0 Å². The summed E-state index contributed by atoms with van der Waals surface area (Å²) in [5.41, 5.74) is -1.97. The van der Waals surface area contributed by atoms with Crippen molar-refractivity contribution in [2.75, 3.05) is 6.61 Å². The Bertz CT molecular complexity index is 508. The van der Waals surface area contributed by atoms with E-state index in [0.717, 1.165) is 0 Å². The monoisotopic (exact) mass is 274 g/mol. The number of nitrogens with one attached hydrogen (secondary N) is 1. The second kappa shape index (κ2) is 6.19. The quantitative estimate of drug-likeness (QED) is 0.626. The first kappa shape index (κ1) is 15.0. The smallest absolute Gasteiger partial charge is 0.305 e. The minimum atomic E-state index is -1.52. The van der Waals surface area contributed by atoms with Crippen molar-refractivity contribution in [2.45, 2.75) is 19.4 Å². The highest BCUT2D eigenvalue weighted by Crippen LogP contribution is 2.23. The summed E-state index contributed by atoms with van der Waals surface area (Å²) in [7, 11) is 0. The lowest BCUT2D eigenvalue weighted by atomic mass is 10.1. The fourth-order valence-electron chi connectivity index (χ4n) is 1.45. The zero-order valence-electron chi connectivity index (χ0n) is 10.0. The van der Waals surface area contributed by atoms with E-state index in [0.29, 0.717) is 12.1 Å². The Balaban J connectivity index is 3.09. The average Bonchev–Trinajstić information content (AvgIpc) is 2.28. The van der Waals surface area contributed by atoms with Gasteiger partial charge in [0.2, 0.25) is 5.82 Å². The van der Waals surface area contributed by atoms with Crippen LogP contribution in [0.1, 0.15) is 23.7 Å². The van der Waals surface area contributed by atoms with E-state index in [-0.39, 0.29) is 13.0 Å². The van der Waals surface area contributed by atoms with Crippen LogP contribution < -0.4 is 5.32 Å². The second-order valence-electron chi connectivity index (χ2n) is 3.90. The van der Waals surface area contributed by atoms with Gasteiger partial charge in [-0.05, 0) is 19.4 Å². The maximum atomic E-state index is 13.7. The van der Waals surface area contributed by atoms with Gasteiger partial charge in [-0.25, -0.2) is 4.39 Å². The number of aliphatic hydroxyl groups is 1. The van der Waals surface area contributed by atoms with E-state index in [4.69, 9.17) is 5.11 Å². The first-order chi connectivity index (χ1) is 8.88. The lowest BCUT2D eigenvalue weighted by Gasteiger charge is -2.13. The van der Waals surface area contributed by atoms with E-state index < -0.39 is 39.8 Å². The second-order valence-corrected chi connectivity index (χ2v) is 3.90. The molecule has 0 aliphatic heterocycles. The molecule has 8 heteroatoms. The Labute approximate surface area is 107 Å². The van der Waals surface area contributed by atoms with Crippen molar-refractivity contribution in [3.05, 3.63) is 39.4 Å². The molecule has 0 aliphatic carbocycles. The molecule has 0 bridgehead atoms. The van der Waals surface area contributed by atoms with Gasteiger partial charge < -0.3 is 10.4 Å². The molecule has 0 aromatic heterocycles. The van der Waals surface area contributed by atoms with Crippen LogP contribution in [0.3, 0.4) is 0 Å². The number of rotatable bonds is 5. The molecule has 1 aromatic carbocycles. The molecule has 0 saturated carbocycles. The van der Waals surface area contributed by atoms with Crippen LogP contribution in [-0.2, 0) is 0 Å². The highest BCUT2D eigenvalue weighted by molar-refractivity contribution is 5.95. The summed E-state index contributed by atoms with van der Waals surface area (Å²) < 4.78 is 27.1. The van der Waals surface area contributed by atoms with Crippen molar-refractivity contribution in [1.29, 1.82) is 0 Å². The fraction of sp³-hybridized carbons (Fsp3) is 0.364. The lowest BCUT2D eigenvalue weighted by Crippen LogP contribution is -2.34. The Morgan fingerprint density at radius 1 is 1.53 bits per heavy atom. The number of nitrogens with zero attached hydrogens (tertiary/aromatic N) is 1. The van der Waals surface area contributed by atoms with Crippen LogP contribution in [0, 0.1) is 21.7 Å². The molecule has 0 heterocycles. The predicted molar refractivity (Wildman–Crippen MR) is 61.6 cm³/mol. The molecule has 0 fully saturated rings. The zero-order chi connectivity index (χ0) is 14.6. The molecule has 2 N–H and O–H groups in total. The molecule has 6 nitrogen and oxygen atoms in total. The summed E-state index contributed by atoms with van der Waals surface area (Å²) in [4.78, 5) is 21.1. The Kier molecular flexibility index (Phi) is 4.87. The molecule has 19 heavy (non-hydrogen) atoms. The van der Waals surface area contributed by atoms with Gasteiger partial charge in [-0.3, -0.25) is 14.9 Å². The van der Waals surface area contributed by atoms with E-state index in [1.807, 2.05) is 0 Å². The van der Waals surface area contributed by atoms with E-state index >= 15 is 0 Å². The number of amides is 1. The van der Waals surface area contributed by atoms with E-state index in [9.17, 15) is 23.7 Å². The highest BCUT2D eigenvalue weighted by atomic mass is 19.1. The van der Waals surface area contributed by atoms with Gasteiger partial charge in [0.25, 0.3) is 5.91 Å². The molecule has 104 valence electrons. The number of nitro benzene ring substituents is 1. The van der Waals surface area contributed by atoms with Crippen molar-refractivity contribution < 1.29 is 23.6 Å². The largest absolute Gasteiger partial charge is 0.396 e. The Morgan fingerprint density at radius 2 is 2.16 bits per heavy atom.